The number of aliphatic hydroxyl groups excluding tert-OH is 1. The molecule has 20 heavy (non-hydrogen) atoms. The highest BCUT2D eigenvalue weighted by Crippen LogP contribution is 2.35. The van der Waals surface area contributed by atoms with E-state index in [9.17, 15) is 10.2 Å². The second-order valence-electron chi connectivity index (χ2n) is 6.90. The van der Waals surface area contributed by atoms with E-state index in [4.69, 9.17) is 0 Å². The molecule has 0 aromatic heterocycles. The molecule has 0 spiro atoms. The van der Waals surface area contributed by atoms with Crippen LogP contribution in [0.4, 0.5) is 0 Å². The van der Waals surface area contributed by atoms with Crippen molar-refractivity contribution in [2.24, 2.45) is 5.92 Å². The highest BCUT2D eigenvalue weighted by atomic mass is 16.3. The molecular weight excluding hydrogens is 248 g/mol. The Morgan fingerprint density at radius 3 is 2.20 bits per heavy atom. The van der Waals surface area contributed by atoms with E-state index in [1.165, 1.54) is 5.56 Å². The van der Waals surface area contributed by atoms with Crippen molar-refractivity contribution in [1.82, 2.24) is 0 Å². The SMILES string of the molecule is CC1CCC(O)(C(O)Cc2ccc(C(C)C)cc2)CC1. The molecule has 0 amide bonds. The molecule has 0 bridgehead atoms. The van der Waals surface area contributed by atoms with Gasteiger partial charge in [0, 0.05) is 6.42 Å². The van der Waals surface area contributed by atoms with E-state index in [0.29, 0.717) is 18.3 Å². The Morgan fingerprint density at radius 1 is 1.15 bits per heavy atom. The zero-order valence-electron chi connectivity index (χ0n) is 13.0. The van der Waals surface area contributed by atoms with E-state index in [1.807, 2.05) is 0 Å². The summed E-state index contributed by atoms with van der Waals surface area (Å²) in [6.45, 7) is 6.57. The molecule has 1 aromatic rings. The summed E-state index contributed by atoms with van der Waals surface area (Å²) in [6.07, 6.45) is 3.36. The van der Waals surface area contributed by atoms with Gasteiger partial charge in [-0.3, -0.25) is 0 Å². The lowest BCUT2D eigenvalue weighted by molar-refractivity contribution is -0.102. The van der Waals surface area contributed by atoms with E-state index in [0.717, 1.165) is 31.2 Å². The van der Waals surface area contributed by atoms with Crippen LogP contribution in [0.25, 0.3) is 0 Å². The number of hydrogen-bond donors (Lipinski definition) is 2. The number of hydrogen-bond acceptors (Lipinski definition) is 2. The zero-order chi connectivity index (χ0) is 14.8. The number of benzene rings is 1. The Balaban J connectivity index is 1.98. The predicted octanol–water partition coefficient (Wildman–Crippen LogP) is 3.65. The highest BCUT2D eigenvalue weighted by Gasteiger charge is 2.38. The lowest BCUT2D eigenvalue weighted by Crippen LogP contribution is -2.46. The monoisotopic (exact) mass is 276 g/mol. The van der Waals surface area contributed by atoms with Crippen LogP contribution in [0.1, 0.15) is 63.5 Å². The van der Waals surface area contributed by atoms with Crippen molar-refractivity contribution in [1.29, 1.82) is 0 Å². The van der Waals surface area contributed by atoms with Crippen LogP contribution in [0.2, 0.25) is 0 Å². The Labute approximate surface area is 122 Å². The van der Waals surface area contributed by atoms with E-state index >= 15 is 0 Å². The third kappa shape index (κ3) is 3.62. The summed E-state index contributed by atoms with van der Waals surface area (Å²) in [5.41, 5.74) is 1.53. The molecule has 1 saturated carbocycles. The molecule has 1 aliphatic carbocycles. The quantitative estimate of drug-likeness (QED) is 0.881. The van der Waals surface area contributed by atoms with Crippen molar-refractivity contribution in [3.63, 3.8) is 0 Å². The van der Waals surface area contributed by atoms with Gasteiger partial charge in [0.05, 0.1) is 11.7 Å². The zero-order valence-corrected chi connectivity index (χ0v) is 13.0. The first-order valence-electron chi connectivity index (χ1n) is 7.90. The highest BCUT2D eigenvalue weighted by molar-refractivity contribution is 5.25. The van der Waals surface area contributed by atoms with Gasteiger partial charge < -0.3 is 10.2 Å². The fraction of sp³-hybridized carbons (Fsp3) is 0.667. The molecule has 2 N–H and O–H groups in total. The number of rotatable bonds is 4. The molecule has 1 unspecified atom stereocenters. The molecule has 0 aliphatic heterocycles. The van der Waals surface area contributed by atoms with Crippen molar-refractivity contribution >= 4 is 0 Å². The minimum absolute atomic E-state index is 0.526. The van der Waals surface area contributed by atoms with Crippen LogP contribution in [0.3, 0.4) is 0 Å². The lowest BCUT2D eigenvalue weighted by Gasteiger charge is -2.38. The maximum absolute atomic E-state index is 10.6. The van der Waals surface area contributed by atoms with Crippen molar-refractivity contribution in [3.05, 3.63) is 35.4 Å². The molecule has 2 heteroatoms. The predicted molar refractivity (Wildman–Crippen MR) is 82.8 cm³/mol. The molecule has 1 aromatic carbocycles. The molecule has 0 radical (unpaired) electrons. The summed E-state index contributed by atoms with van der Waals surface area (Å²) in [6, 6.07) is 8.40. The largest absolute Gasteiger partial charge is 0.390 e. The van der Waals surface area contributed by atoms with Gasteiger partial charge in [-0.15, -0.1) is 0 Å². The van der Waals surface area contributed by atoms with Gasteiger partial charge in [0.2, 0.25) is 0 Å². The summed E-state index contributed by atoms with van der Waals surface area (Å²) < 4.78 is 0. The molecule has 1 fully saturated rings. The molecule has 0 saturated heterocycles. The van der Waals surface area contributed by atoms with Gasteiger partial charge in [-0.2, -0.15) is 0 Å². The van der Waals surface area contributed by atoms with Gasteiger partial charge in [0.15, 0.2) is 0 Å². The van der Waals surface area contributed by atoms with Crippen LogP contribution in [0.15, 0.2) is 24.3 Å². The van der Waals surface area contributed by atoms with Crippen molar-refractivity contribution in [3.8, 4) is 0 Å². The van der Waals surface area contributed by atoms with E-state index in [2.05, 4.69) is 45.0 Å². The minimum atomic E-state index is -0.886. The van der Waals surface area contributed by atoms with Gasteiger partial charge in [-0.25, -0.2) is 0 Å². The molecule has 0 heterocycles. The summed E-state index contributed by atoms with van der Waals surface area (Å²) in [7, 11) is 0. The smallest absolute Gasteiger partial charge is 0.0908 e. The maximum Gasteiger partial charge on any atom is 0.0908 e. The van der Waals surface area contributed by atoms with Crippen LogP contribution in [0.5, 0.6) is 0 Å². The van der Waals surface area contributed by atoms with Gasteiger partial charge in [-0.05, 0) is 48.6 Å². The fourth-order valence-electron chi connectivity index (χ4n) is 3.05. The Bertz CT molecular complexity index is 414. The van der Waals surface area contributed by atoms with Gasteiger partial charge in [0.1, 0.15) is 0 Å². The lowest BCUT2D eigenvalue weighted by atomic mass is 9.75. The van der Waals surface area contributed by atoms with E-state index < -0.39 is 11.7 Å². The summed E-state index contributed by atoms with van der Waals surface area (Å²) in [5, 5.41) is 21.0. The van der Waals surface area contributed by atoms with Gasteiger partial charge in [0.25, 0.3) is 0 Å². The van der Waals surface area contributed by atoms with Gasteiger partial charge in [-0.1, -0.05) is 45.0 Å². The van der Waals surface area contributed by atoms with Crippen LogP contribution < -0.4 is 0 Å². The molecule has 1 atom stereocenters. The first-order valence-corrected chi connectivity index (χ1v) is 7.90. The van der Waals surface area contributed by atoms with Crippen LogP contribution >= 0.6 is 0 Å². The molecule has 1 aliphatic rings. The Kier molecular flexibility index (Phi) is 4.87. The minimum Gasteiger partial charge on any atom is -0.390 e. The molecular formula is C18H28O2. The summed E-state index contributed by atoms with van der Waals surface area (Å²) in [4.78, 5) is 0. The summed E-state index contributed by atoms with van der Waals surface area (Å²) in [5.74, 6) is 1.20. The van der Waals surface area contributed by atoms with Crippen molar-refractivity contribution < 1.29 is 10.2 Å². The van der Waals surface area contributed by atoms with E-state index in [1.54, 1.807) is 0 Å². The normalized spacial score (nSPS) is 28.6. The molecule has 2 rings (SSSR count). The average molecular weight is 276 g/mol. The van der Waals surface area contributed by atoms with Crippen LogP contribution in [-0.2, 0) is 6.42 Å². The van der Waals surface area contributed by atoms with Crippen LogP contribution in [-0.4, -0.2) is 21.9 Å². The fourth-order valence-corrected chi connectivity index (χ4v) is 3.05. The molecule has 2 nitrogen and oxygen atoms in total. The van der Waals surface area contributed by atoms with Crippen LogP contribution in [0, 0.1) is 5.92 Å². The van der Waals surface area contributed by atoms with E-state index in [-0.39, 0.29) is 0 Å². The standard InChI is InChI=1S/C18H28O2/c1-13(2)16-6-4-15(5-7-16)12-17(19)18(20)10-8-14(3)9-11-18/h4-7,13-14,17,19-20H,8-12H2,1-3H3. The number of aliphatic hydroxyl groups is 2. The summed E-state index contributed by atoms with van der Waals surface area (Å²) >= 11 is 0. The van der Waals surface area contributed by atoms with Crippen molar-refractivity contribution in [2.75, 3.05) is 0 Å². The maximum atomic E-state index is 10.6. The van der Waals surface area contributed by atoms with Gasteiger partial charge >= 0.3 is 0 Å². The molecule has 112 valence electrons. The topological polar surface area (TPSA) is 40.5 Å². The third-order valence-electron chi connectivity index (χ3n) is 4.84. The first kappa shape index (κ1) is 15.5. The third-order valence-corrected chi connectivity index (χ3v) is 4.84. The first-order chi connectivity index (χ1) is 9.40. The second-order valence-corrected chi connectivity index (χ2v) is 6.90. The second kappa shape index (κ2) is 6.28. The average Bonchev–Trinajstić information content (AvgIpc) is 2.43. The van der Waals surface area contributed by atoms with Crippen molar-refractivity contribution in [2.45, 2.75) is 70.5 Å². The Morgan fingerprint density at radius 2 is 1.70 bits per heavy atom. The Hall–Kier alpha value is -0.860.